The average Bonchev–Trinajstić information content (AvgIpc) is 1.11. The Morgan fingerprint density at radius 1 is 0.273 bits per heavy atom. The molecule has 0 heterocycles. The SMILES string of the molecule is CCCCCCCCCCCCCCCCCCC(=O)OC[C@H](COP(=O)(O)OC[C@@H](O)COP(=O)(O)OC[C@@H](COC(=O)CCCCCCCCC(C)C)OC(=O)CCCCCCCCCCCCCCCCCC)OC(=O)CCCCCCCCCCCCCCCCCC(C)C. The first-order valence-corrected chi connectivity index (χ1v) is 44.5. The lowest BCUT2D eigenvalue weighted by molar-refractivity contribution is -0.161. The Morgan fingerprint density at radius 3 is 0.687 bits per heavy atom. The molecule has 19 heteroatoms. The van der Waals surface area contributed by atoms with E-state index in [9.17, 15) is 43.2 Å². The van der Waals surface area contributed by atoms with Crippen LogP contribution >= 0.6 is 15.6 Å². The van der Waals surface area contributed by atoms with Crippen molar-refractivity contribution in [2.75, 3.05) is 39.6 Å². The molecule has 3 N–H and O–H groups in total. The topological polar surface area (TPSA) is 237 Å². The standard InChI is InChI=1S/C80H156O17P2/c1-7-9-11-13-15-17-19-21-23-27-31-35-39-43-50-56-62-77(82)90-68-75(96-79(84)64-59-53-45-41-37-33-29-25-26-30-34-38-42-48-54-60-72(3)4)70-94-98(86,87)92-66-74(81)67-93-99(88,89)95-71-76(69-91-78(83)63-57-51-47-46-49-55-61-73(5)6)97-80(85)65-58-52-44-40-36-32-28-24-22-20-18-16-14-12-10-8-2/h72-76,81H,7-71H2,1-6H3,(H,86,87)(H,88,89)/t74-,75-,76-/m1/s1. The van der Waals surface area contributed by atoms with Crippen molar-refractivity contribution in [2.45, 2.75) is 439 Å². The summed E-state index contributed by atoms with van der Waals surface area (Å²) in [5.74, 6) is -0.628. The molecule has 0 aliphatic heterocycles. The molecular weight excluding hydrogens is 1290 g/mol. The van der Waals surface area contributed by atoms with Crippen LogP contribution in [0.2, 0.25) is 0 Å². The van der Waals surface area contributed by atoms with Gasteiger partial charge >= 0.3 is 39.5 Å². The summed E-state index contributed by atoms with van der Waals surface area (Å²) in [5.41, 5.74) is 0. The Morgan fingerprint density at radius 2 is 0.465 bits per heavy atom. The molecule has 2 unspecified atom stereocenters. The normalized spacial score (nSPS) is 13.9. The average molecular weight is 1450 g/mol. The number of rotatable bonds is 79. The van der Waals surface area contributed by atoms with E-state index in [1.54, 1.807) is 0 Å². The number of carbonyl (C=O) groups is 4. The van der Waals surface area contributed by atoms with Gasteiger partial charge in [0.25, 0.3) is 0 Å². The van der Waals surface area contributed by atoms with E-state index >= 15 is 0 Å². The first-order valence-electron chi connectivity index (χ1n) is 41.5. The molecule has 0 aromatic heterocycles. The number of aliphatic hydroxyl groups is 1. The summed E-state index contributed by atoms with van der Waals surface area (Å²) in [7, 11) is -9.92. The zero-order valence-corrected chi connectivity index (χ0v) is 66.6. The van der Waals surface area contributed by atoms with E-state index in [1.807, 2.05) is 0 Å². The smallest absolute Gasteiger partial charge is 0.462 e. The van der Waals surface area contributed by atoms with Crippen LogP contribution in [-0.4, -0.2) is 96.7 Å². The van der Waals surface area contributed by atoms with E-state index in [4.69, 9.17) is 37.0 Å². The zero-order valence-electron chi connectivity index (χ0n) is 64.8. The molecule has 0 radical (unpaired) electrons. The number of unbranched alkanes of at least 4 members (excludes halogenated alkanes) is 49. The molecule has 0 saturated heterocycles. The Labute approximate surface area is 607 Å². The van der Waals surface area contributed by atoms with Gasteiger partial charge in [-0.1, -0.05) is 369 Å². The second-order valence-corrected chi connectivity index (χ2v) is 32.7. The minimum Gasteiger partial charge on any atom is -0.462 e. The monoisotopic (exact) mass is 1450 g/mol. The molecule has 0 bridgehead atoms. The molecule has 588 valence electrons. The second kappa shape index (κ2) is 71.7. The first kappa shape index (κ1) is 97.1. The summed E-state index contributed by atoms with van der Waals surface area (Å²) in [6.07, 6.45) is 61.2. The van der Waals surface area contributed by atoms with Crippen LogP contribution in [0.3, 0.4) is 0 Å². The predicted molar refractivity (Wildman–Crippen MR) is 405 cm³/mol. The number of aliphatic hydroxyl groups excluding tert-OH is 1. The van der Waals surface area contributed by atoms with Crippen molar-refractivity contribution in [1.82, 2.24) is 0 Å². The minimum atomic E-state index is -4.96. The maximum atomic E-state index is 13.1. The Hall–Kier alpha value is -1.94. The molecule has 0 rings (SSSR count). The number of esters is 4. The fourth-order valence-electron chi connectivity index (χ4n) is 12.4. The highest BCUT2D eigenvalue weighted by Crippen LogP contribution is 2.45. The summed E-state index contributed by atoms with van der Waals surface area (Å²) in [5, 5.41) is 10.6. The lowest BCUT2D eigenvalue weighted by atomic mass is 10.0. The minimum absolute atomic E-state index is 0.107. The van der Waals surface area contributed by atoms with Gasteiger partial charge in [0.1, 0.15) is 19.3 Å². The number of phosphoric acid groups is 2. The van der Waals surface area contributed by atoms with E-state index in [0.717, 1.165) is 102 Å². The van der Waals surface area contributed by atoms with Crippen molar-refractivity contribution in [2.24, 2.45) is 11.8 Å². The lowest BCUT2D eigenvalue weighted by Crippen LogP contribution is -2.30. The van der Waals surface area contributed by atoms with Crippen LogP contribution in [0, 0.1) is 11.8 Å². The van der Waals surface area contributed by atoms with Crippen molar-refractivity contribution in [1.29, 1.82) is 0 Å². The Balaban J connectivity index is 5.23. The van der Waals surface area contributed by atoms with Crippen molar-refractivity contribution < 1.29 is 80.2 Å². The van der Waals surface area contributed by atoms with Gasteiger partial charge in [-0.25, -0.2) is 9.13 Å². The van der Waals surface area contributed by atoms with Gasteiger partial charge < -0.3 is 33.8 Å². The largest absolute Gasteiger partial charge is 0.472 e. The van der Waals surface area contributed by atoms with Gasteiger partial charge in [-0.3, -0.25) is 37.3 Å². The van der Waals surface area contributed by atoms with E-state index in [1.165, 1.54) is 231 Å². The van der Waals surface area contributed by atoms with Crippen molar-refractivity contribution in [3.63, 3.8) is 0 Å². The number of hydrogen-bond donors (Lipinski definition) is 3. The summed E-state index contributed by atoms with van der Waals surface area (Å²) >= 11 is 0. The fourth-order valence-corrected chi connectivity index (χ4v) is 13.9. The van der Waals surface area contributed by atoms with E-state index in [0.29, 0.717) is 31.6 Å². The van der Waals surface area contributed by atoms with Crippen molar-refractivity contribution in [3.05, 3.63) is 0 Å². The van der Waals surface area contributed by atoms with Crippen LogP contribution < -0.4 is 0 Å². The third-order valence-corrected chi connectivity index (χ3v) is 20.6. The maximum Gasteiger partial charge on any atom is 0.472 e. The Bertz CT molecular complexity index is 1910. The predicted octanol–water partition coefficient (Wildman–Crippen LogP) is 23.9. The number of hydrogen-bond acceptors (Lipinski definition) is 15. The maximum absolute atomic E-state index is 13.1. The van der Waals surface area contributed by atoms with E-state index in [2.05, 4.69) is 41.5 Å². The highest BCUT2D eigenvalue weighted by atomic mass is 31.2. The van der Waals surface area contributed by atoms with Crippen molar-refractivity contribution in [3.8, 4) is 0 Å². The molecule has 0 amide bonds. The number of ether oxygens (including phenoxy) is 4. The van der Waals surface area contributed by atoms with Gasteiger partial charge in [0.05, 0.1) is 26.4 Å². The van der Waals surface area contributed by atoms with Crippen LogP contribution in [-0.2, 0) is 65.4 Å². The van der Waals surface area contributed by atoms with Gasteiger partial charge in [-0.2, -0.15) is 0 Å². The van der Waals surface area contributed by atoms with Gasteiger partial charge in [-0.05, 0) is 37.5 Å². The third kappa shape index (κ3) is 74.1. The molecular formula is C80H156O17P2. The van der Waals surface area contributed by atoms with Crippen LogP contribution in [0.25, 0.3) is 0 Å². The van der Waals surface area contributed by atoms with Crippen LogP contribution in [0.4, 0.5) is 0 Å². The fraction of sp³-hybridized carbons (Fsp3) is 0.950. The van der Waals surface area contributed by atoms with Crippen LogP contribution in [0.5, 0.6) is 0 Å². The lowest BCUT2D eigenvalue weighted by Gasteiger charge is -2.21. The highest BCUT2D eigenvalue weighted by molar-refractivity contribution is 7.47. The van der Waals surface area contributed by atoms with Crippen LogP contribution in [0.1, 0.15) is 420 Å². The number of phosphoric ester groups is 2. The highest BCUT2D eigenvalue weighted by Gasteiger charge is 2.30. The van der Waals surface area contributed by atoms with Gasteiger partial charge in [0.2, 0.25) is 0 Å². The summed E-state index contributed by atoms with van der Waals surface area (Å²) in [6.45, 7) is 9.58. The molecule has 0 aliphatic rings. The first-order chi connectivity index (χ1) is 47.9. The number of carbonyl (C=O) groups excluding carboxylic acids is 4. The van der Waals surface area contributed by atoms with Gasteiger partial charge in [-0.15, -0.1) is 0 Å². The molecule has 0 saturated carbocycles. The molecule has 0 aliphatic carbocycles. The molecule has 0 fully saturated rings. The van der Waals surface area contributed by atoms with E-state index in [-0.39, 0.29) is 25.7 Å². The van der Waals surface area contributed by atoms with Crippen LogP contribution in [0.15, 0.2) is 0 Å². The van der Waals surface area contributed by atoms with Crippen molar-refractivity contribution >= 4 is 39.5 Å². The molecule has 5 atom stereocenters. The molecule has 17 nitrogen and oxygen atoms in total. The molecule has 0 aromatic carbocycles. The molecule has 0 aromatic rings. The van der Waals surface area contributed by atoms with Gasteiger partial charge in [0, 0.05) is 25.7 Å². The Kier molecular flexibility index (Phi) is 70.3. The van der Waals surface area contributed by atoms with E-state index < -0.39 is 97.5 Å². The quantitative estimate of drug-likeness (QED) is 0.0222. The zero-order chi connectivity index (χ0) is 72.8. The summed E-state index contributed by atoms with van der Waals surface area (Å²) < 4.78 is 68.7. The second-order valence-electron chi connectivity index (χ2n) is 29.8. The summed E-state index contributed by atoms with van der Waals surface area (Å²) in [6, 6.07) is 0. The molecule has 0 spiro atoms. The summed E-state index contributed by atoms with van der Waals surface area (Å²) in [4.78, 5) is 73.0. The molecule has 99 heavy (non-hydrogen) atoms. The third-order valence-electron chi connectivity index (χ3n) is 18.7. The van der Waals surface area contributed by atoms with Gasteiger partial charge in [0.15, 0.2) is 12.2 Å².